The van der Waals surface area contributed by atoms with Crippen LogP contribution in [-0.2, 0) is 9.59 Å². The first-order valence-corrected chi connectivity index (χ1v) is 5.40. The van der Waals surface area contributed by atoms with Crippen molar-refractivity contribution in [3.8, 4) is 0 Å². The molecule has 1 saturated heterocycles. The summed E-state index contributed by atoms with van der Waals surface area (Å²) in [5.41, 5.74) is 0. The monoisotopic (exact) mass is 197 g/mol. The first-order chi connectivity index (χ1) is 6.65. The van der Waals surface area contributed by atoms with Crippen molar-refractivity contribution in [2.75, 3.05) is 6.54 Å². The minimum Gasteiger partial charge on any atom is -0.339 e. The number of rotatable bonds is 3. The van der Waals surface area contributed by atoms with E-state index in [4.69, 9.17) is 0 Å². The maximum atomic E-state index is 11.7. The van der Waals surface area contributed by atoms with Gasteiger partial charge in [0.2, 0.25) is 5.91 Å². The maximum Gasteiger partial charge on any atom is 0.222 e. The number of hydrogen-bond acceptors (Lipinski definition) is 2. The maximum absolute atomic E-state index is 11.7. The van der Waals surface area contributed by atoms with Gasteiger partial charge in [0.15, 0.2) is 0 Å². The normalized spacial score (nSPS) is 25.7. The van der Waals surface area contributed by atoms with Gasteiger partial charge in [-0.05, 0) is 19.8 Å². The SMILES string of the molecule is CC(C=O)CN1C(=O)CCCCC1C. The number of amides is 1. The molecule has 1 heterocycles. The fraction of sp³-hybridized carbons (Fsp3) is 0.818. The average Bonchev–Trinajstić information content (AvgIpc) is 2.32. The molecule has 80 valence electrons. The second kappa shape index (κ2) is 5.13. The lowest BCUT2D eigenvalue weighted by Crippen LogP contribution is -2.40. The third-order valence-electron chi connectivity index (χ3n) is 2.83. The van der Waals surface area contributed by atoms with E-state index in [0.717, 1.165) is 25.5 Å². The van der Waals surface area contributed by atoms with Crippen molar-refractivity contribution >= 4 is 12.2 Å². The first-order valence-electron chi connectivity index (χ1n) is 5.40. The molecule has 1 rings (SSSR count). The van der Waals surface area contributed by atoms with Crippen LogP contribution in [0.1, 0.15) is 39.5 Å². The zero-order valence-corrected chi connectivity index (χ0v) is 9.03. The van der Waals surface area contributed by atoms with Crippen LogP contribution >= 0.6 is 0 Å². The molecule has 0 aliphatic carbocycles. The van der Waals surface area contributed by atoms with E-state index in [1.807, 2.05) is 11.8 Å². The standard InChI is InChI=1S/C11H19NO2/c1-9(8-13)7-12-10(2)5-3-4-6-11(12)14/h8-10H,3-7H2,1-2H3. The highest BCUT2D eigenvalue weighted by Crippen LogP contribution is 2.18. The lowest BCUT2D eigenvalue weighted by molar-refractivity contribution is -0.133. The molecule has 0 aromatic carbocycles. The Balaban J connectivity index is 2.60. The summed E-state index contributed by atoms with van der Waals surface area (Å²) in [5, 5.41) is 0. The van der Waals surface area contributed by atoms with E-state index in [1.165, 1.54) is 0 Å². The van der Waals surface area contributed by atoms with Gasteiger partial charge >= 0.3 is 0 Å². The van der Waals surface area contributed by atoms with E-state index in [0.29, 0.717) is 19.0 Å². The van der Waals surface area contributed by atoms with Crippen LogP contribution in [0.15, 0.2) is 0 Å². The van der Waals surface area contributed by atoms with Crippen LogP contribution in [0.25, 0.3) is 0 Å². The minimum absolute atomic E-state index is 0.0421. The molecule has 3 nitrogen and oxygen atoms in total. The van der Waals surface area contributed by atoms with Crippen LogP contribution in [0.5, 0.6) is 0 Å². The van der Waals surface area contributed by atoms with Gasteiger partial charge in [-0.1, -0.05) is 13.3 Å². The van der Waals surface area contributed by atoms with E-state index in [9.17, 15) is 9.59 Å². The Hall–Kier alpha value is -0.860. The number of carbonyl (C=O) groups is 2. The van der Waals surface area contributed by atoms with Crippen molar-refractivity contribution in [1.82, 2.24) is 4.90 Å². The van der Waals surface area contributed by atoms with Gasteiger partial charge in [0.1, 0.15) is 6.29 Å². The molecule has 1 amide bonds. The van der Waals surface area contributed by atoms with Gasteiger partial charge in [-0.15, -0.1) is 0 Å². The van der Waals surface area contributed by atoms with Crippen molar-refractivity contribution in [2.24, 2.45) is 5.92 Å². The van der Waals surface area contributed by atoms with Crippen molar-refractivity contribution in [3.63, 3.8) is 0 Å². The largest absolute Gasteiger partial charge is 0.339 e. The molecule has 0 spiro atoms. The molecule has 1 fully saturated rings. The molecule has 3 heteroatoms. The summed E-state index contributed by atoms with van der Waals surface area (Å²) in [6, 6.07) is 0.299. The molecule has 0 aromatic heterocycles. The van der Waals surface area contributed by atoms with Crippen molar-refractivity contribution < 1.29 is 9.59 Å². The van der Waals surface area contributed by atoms with Crippen molar-refractivity contribution in [3.05, 3.63) is 0 Å². The minimum atomic E-state index is -0.0421. The highest BCUT2D eigenvalue weighted by Gasteiger charge is 2.23. The molecule has 0 aromatic rings. The van der Waals surface area contributed by atoms with Crippen molar-refractivity contribution in [2.45, 2.75) is 45.6 Å². The number of carbonyl (C=O) groups excluding carboxylic acids is 2. The van der Waals surface area contributed by atoms with E-state index in [-0.39, 0.29) is 11.8 Å². The third-order valence-corrected chi connectivity index (χ3v) is 2.83. The first kappa shape index (κ1) is 11.2. The molecule has 0 radical (unpaired) electrons. The number of nitrogens with zero attached hydrogens (tertiary/aromatic N) is 1. The fourth-order valence-corrected chi connectivity index (χ4v) is 1.90. The fourth-order valence-electron chi connectivity index (χ4n) is 1.90. The zero-order valence-electron chi connectivity index (χ0n) is 9.03. The summed E-state index contributed by atoms with van der Waals surface area (Å²) < 4.78 is 0. The summed E-state index contributed by atoms with van der Waals surface area (Å²) in [6.45, 7) is 4.52. The summed E-state index contributed by atoms with van der Waals surface area (Å²) in [4.78, 5) is 24.1. The lowest BCUT2D eigenvalue weighted by atomic mass is 10.1. The Morgan fingerprint density at radius 2 is 2.29 bits per heavy atom. The Kier molecular flexibility index (Phi) is 4.11. The van der Waals surface area contributed by atoms with E-state index in [2.05, 4.69) is 6.92 Å². The smallest absolute Gasteiger partial charge is 0.222 e. The molecule has 2 atom stereocenters. The molecule has 0 bridgehead atoms. The predicted octanol–water partition coefficient (Wildman–Crippen LogP) is 1.61. The Labute approximate surface area is 85.5 Å². The molecule has 1 aliphatic rings. The molecule has 2 unspecified atom stereocenters. The second-order valence-corrected chi connectivity index (χ2v) is 4.25. The number of likely N-dealkylation sites (tertiary alicyclic amines) is 1. The van der Waals surface area contributed by atoms with Crippen LogP contribution in [0.2, 0.25) is 0 Å². The van der Waals surface area contributed by atoms with E-state index >= 15 is 0 Å². The highest BCUT2D eigenvalue weighted by molar-refractivity contribution is 5.77. The van der Waals surface area contributed by atoms with Crippen molar-refractivity contribution in [1.29, 1.82) is 0 Å². The molecule has 0 N–H and O–H groups in total. The molecule has 1 aliphatic heterocycles. The topological polar surface area (TPSA) is 37.4 Å². The van der Waals surface area contributed by atoms with Crippen LogP contribution in [0, 0.1) is 5.92 Å². The Morgan fingerprint density at radius 3 is 2.93 bits per heavy atom. The van der Waals surface area contributed by atoms with Gasteiger partial charge in [0.05, 0.1) is 0 Å². The Morgan fingerprint density at radius 1 is 1.57 bits per heavy atom. The van der Waals surface area contributed by atoms with Crippen LogP contribution < -0.4 is 0 Å². The van der Waals surface area contributed by atoms with Crippen LogP contribution in [0.3, 0.4) is 0 Å². The van der Waals surface area contributed by atoms with Gasteiger partial charge in [0.25, 0.3) is 0 Å². The molecule has 0 saturated carbocycles. The second-order valence-electron chi connectivity index (χ2n) is 4.25. The quantitative estimate of drug-likeness (QED) is 0.645. The van der Waals surface area contributed by atoms with Crippen LogP contribution in [0.4, 0.5) is 0 Å². The van der Waals surface area contributed by atoms with Gasteiger partial charge in [0, 0.05) is 24.9 Å². The summed E-state index contributed by atoms with van der Waals surface area (Å²) >= 11 is 0. The lowest BCUT2D eigenvalue weighted by Gasteiger charge is -2.28. The molecular weight excluding hydrogens is 178 g/mol. The summed E-state index contributed by atoms with van der Waals surface area (Å²) in [7, 11) is 0. The van der Waals surface area contributed by atoms with Gasteiger partial charge in [-0.25, -0.2) is 0 Å². The molecular formula is C11H19NO2. The van der Waals surface area contributed by atoms with E-state index in [1.54, 1.807) is 0 Å². The van der Waals surface area contributed by atoms with Gasteiger partial charge in [-0.2, -0.15) is 0 Å². The molecule has 14 heavy (non-hydrogen) atoms. The average molecular weight is 197 g/mol. The number of hydrogen-bond donors (Lipinski definition) is 0. The third kappa shape index (κ3) is 2.82. The highest BCUT2D eigenvalue weighted by atomic mass is 16.2. The van der Waals surface area contributed by atoms with Crippen LogP contribution in [-0.4, -0.2) is 29.7 Å². The number of aldehydes is 1. The van der Waals surface area contributed by atoms with Gasteiger partial charge in [-0.3, -0.25) is 4.79 Å². The summed E-state index contributed by atoms with van der Waals surface area (Å²) in [5.74, 6) is 0.170. The Bertz CT molecular complexity index is 215. The zero-order chi connectivity index (χ0) is 10.6. The predicted molar refractivity (Wildman–Crippen MR) is 54.9 cm³/mol. The van der Waals surface area contributed by atoms with E-state index < -0.39 is 0 Å². The summed E-state index contributed by atoms with van der Waals surface area (Å²) in [6.07, 6.45) is 4.76. The van der Waals surface area contributed by atoms with Gasteiger partial charge < -0.3 is 9.69 Å².